The monoisotopic (exact) mass is 529 g/mol. The van der Waals surface area contributed by atoms with Crippen LogP contribution in [0.4, 0.5) is 5.69 Å². The molecule has 0 aliphatic heterocycles. The van der Waals surface area contributed by atoms with Crippen molar-refractivity contribution in [3.05, 3.63) is 83.4 Å². The number of aliphatic imine (C=N–C) groups is 1. The van der Waals surface area contributed by atoms with E-state index in [1.54, 1.807) is 42.6 Å². The van der Waals surface area contributed by atoms with Crippen LogP contribution in [0.15, 0.2) is 71.7 Å². The quantitative estimate of drug-likeness (QED) is 0.0819. The summed E-state index contributed by atoms with van der Waals surface area (Å²) in [6, 6.07) is 19.9. The van der Waals surface area contributed by atoms with Gasteiger partial charge in [-0.05, 0) is 73.4 Å². The number of carbonyl (C=O) groups is 1. The van der Waals surface area contributed by atoms with Crippen LogP contribution in [-0.2, 0) is 6.42 Å². The Hall–Kier alpha value is -3.60. The number of aromatic hydroxyl groups is 1. The van der Waals surface area contributed by atoms with E-state index in [4.69, 9.17) is 9.47 Å². The van der Waals surface area contributed by atoms with Crippen molar-refractivity contribution in [2.75, 3.05) is 6.61 Å². The van der Waals surface area contributed by atoms with Gasteiger partial charge in [-0.25, -0.2) is 4.79 Å². The van der Waals surface area contributed by atoms with Crippen molar-refractivity contribution >= 4 is 17.9 Å². The second kappa shape index (κ2) is 17.1. The first-order valence-electron chi connectivity index (χ1n) is 14.5. The highest BCUT2D eigenvalue weighted by atomic mass is 16.5. The molecule has 0 atom stereocenters. The molecule has 0 fully saturated rings. The number of ether oxygens (including phenoxy) is 2. The summed E-state index contributed by atoms with van der Waals surface area (Å²) in [6.45, 7) is 5.11. The number of esters is 1. The van der Waals surface area contributed by atoms with E-state index in [1.165, 1.54) is 69.4 Å². The normalized spacial score (nSPS) is 11.1. The third kappa shape index (κ3) is 11.0. The van der Waals surface area contributed by atoms with Crippen LogP contribution in [0.25, 0.3) is 0 Å². The lowest BCUT2D eigenvalue weighted by Gasteiger charge is -2.08. The Morgan fingerprint density at radius 3 is 2.10 bits per heavy atom. The SMILES string of the molecule is CCCCCCCCOc1ccc(C(=O)Oc2ccc(C=Nc3ccc(CCCCCC)cc3)c(O)c2)cc1. The predicted octanol–water partition coefficient (Wildman–Crippen LogP) is 9.22. The topological polar surface area (TPSA) is 68.1 Å². The Morgan fingerprint density at radius 1 is 0.769 bits per heavy atom. The van der Waals surface area contributed by atoms with Gasteiger partial charge in [0.15, 0.2) is 0 Å². The molecule has 39 heavy (non-hydrogen) atoms. The summed E-state index contributed by atoms with van der Waals surface area (Å²) in [5.41, 5.74) is 3.10. The third-order valence-corrected chi connectivity index (χ3v) is 6.68. The molecule has 0 aromatic heterocycles. The second-order valence-corrected chi connectivity index (χ2v) is 9.99. The molecule has 208 valence electrons. The van der Waals surface area contributed by atoms with Crippen LogP contribution in [-0.4, -0.2) is 23.9 Å². The lowest BCUT2D eigenvalue weighted by Crippen LogP contribution is -2.08. The minimum atomic E-state index is -0.493. The summed E-state index contributed by atoms with van der Waals surface area (Å²) >= 11 is 0. The molecule has 0 saturated carbocycles. The van der Waals surface area contributed by atoms with Gasteiger partial charge in [-0.3, -0.25) is 4.99 Å². The Labute approximate surface area is 233 Å². The molecule has 0 unspecified atom stereocenters. The zero-order valence-electron chi connectivity index (χ0n) is 23.5. The summed E-state index contributed by atoms with van der Waals surface area (Å²) in [5, 5.41) is 10.4. The fourth-order valence-corrected chi connectivity index (χ4v) is 4.27. The Morgan fingerprint density at radius 2 is 1.41 bits per heavy atom. The third-order valence-electron chi connectivity index (χ3n) is 6.68. The molecule has 5 nitrogen and oxygen atoms in total. The summed E-state index contributed by atoms with van der Waals surface area (Å²) in [4.78, 5) is 17.0. The fraction of sp³-hybridized carbons (Fsp3) is 0.412. The van der Waals surface area contributed by atoms with Crippen molar-refractivity contribution in [2.24, 2.45) is 4.99 Å². The minimum Gasteiger partial charge on any atom is -0.507 e. The van der Waals surface area contributed by atoms with E-state index >= 15 is 0 Å². The van der Waals surface area contributed by atoms with Crippen molar-refractivity contribution < 1.29 is 19.4 Å². The Bertz CT molecular complexity index is 1150. The highest BCUT2D eigenvalue weighted by Crippen LogP contribution is 2.25. The van der Waals surface area contributed by atoms with Gasteiger partial charge in [0.05, 0.1) is 17.9 Å². The number of hydrogen-bond acceptors (Lipinski definition) is 5. The molecule has 0 aliphatic carbocycles. The fourth-order valence-electron chi connectivity index (χ4n) is 4.27. The number of nitrogens with zero attached hydrogens (tertiary/aromatic N) is 1. The van der Waals surface area contributed by atoms with Gasteiger partial charge in [0.1, 0.15) is 17.2 Å². The van der Waals surface area contributed by atoms with Crippen LogP contribution in [0.1, 0.15) is 99.5 Å². The first-order chi connectivity index (χ1) is 19.1. The molecule has 3 aromatic rings. The first kappa shape index (κ1) is 29.9. The molecule has 0 spiro atoms. The molecule has 0 heterocycles. The average Bonchev–Trinajstić information content (AvgIpc) is 2.95. The Balaban J connectivity index is 1.46. The minimum absolute atomic E-state index is 0.00460. The molecular weight excluding hydrogens is 486 g/mol. The van der Waals surface area contributed by atoms with Gasteiger partial charge in [-0.2, -0.15) is 0 Å². The summed E-state index contributed by atoms with van der Waals surface area (Å²) in [5.74, 6) is 0.511. The summed E-state index contributed by atoms with van der Waals surface area (Å²) in [6.07, 6.45) is 15.0. The van der Waals surface area contributed by atoms with E-state index in [9.17, 15) is 9.90 Å². The lowest BCUT2D eigenvalue weighted by molar-refractivity contribution is 0.0734. The molecule has 0 radical (unpaired) electrons. The van der Waals surface area contributed by atoms with Crippen molar-refractivity contribution in [3.63, 3.8) is 0 Å². The van der Waals surface area contributed by atoms with Crippen LogP contribution >= 0.6 is 0 Å². The van der Waals surface area contributed by atoms with Crippen LogP contribution in [0.5, 0.6) is 17.2 Å². The van der Waals surface area contributed by atoms with Crippen LogP contribution in [0.2, 0.25) is 0 Å². The zero-order valence-corrected chi connectivity index (χ0v) is 23.5. The summed E-state index contributed by atoms with van der Waals surface area (Å²) < 4.78 is 11.2. The van der Waals surface area contributed by atoms with Gasteiger partial charge in [0.2, 0.25) is 0 Å². The van der Waals surface area contributed by atoms with E-state index in [2.05, 4.69) is 31.0 Å². The number of phenols is 1. The second-order valence-electron chi connectivity index (χ2n) is 9.99. The number of unbranched alkanes of at least 4 members (excludes halogenated alkanes) is 8. The average molecular weight is 530 g/mol. The molecule has 0 saturated heterocycles. The van der Waals surface area contributed by atoms with Gasteiger partial charge in [0, 0.05) is 17.8 Å². The van der Waals surface area contributed by atoms with E-state index in [0.717, 1.165) is 24.3 Å². The van der Waals surface area contributed by atoms with E-state index in [1.807, 2.05) is 12.1 Å². The smallest absolute Gasteiger partial charge is 0.343 e. The van der Waals surface area contributed by atoms with Crippen molar-refractivity contribution in [3.8, 4) is 17.2 Å². The number of carbonyl (C=O) groups excluding carboxylic acids is 1. The molecule has 3 rings (SSSR count). The van der Waals surface area contributed by atoms with E-state index in [0.29, 0.717) is 17.7 Å². The standard InChI is InChI=1S/C34H43NO4/c1-3-5-7-9-10-12-24-38-31-21-16-28(17-22-31)34(37)39-32-23-18-29(33(36)25-32)26-35-30-19-14-27(15-20-30)13-11-8-6-4-2/h14-23,25-26,36H,3-13,24H2,1-2H3. The zero-order chi connectivity index (χ0) is 27.7. The largest absolute Gasteiger partial charge is 0.507 e. The number of hydrogen-bond donors (Lipinski definition) is 1. The maximum Gasteiger partial charge on any atom is 0.343 e. The molecule has 5 heteroatoms. The van der Waals surface area contributed by atoms with Crippen LogP contribution in [0, 0.1) is 0 Å². The van der Waals surface area contributed by atoms with Crippen LogP contribution in [0.3, 0.4) is 0 Å². The maximum atomic E-state index is 12.6. The molecular formula is C34H43NO4. The van der Waals surface area contributed by atoms with Gasteiger partial charge in [0.25, 0.3) is 0 Å². The van der Waals surface area contributed by atoms with Gasteiger partial charge in [-0.1, -0.05) is 77.3 Å². The summed E-state index contributed by atoms with van der Waals surface area (Å²) in [7, 11) is 0. The van der Waals surface area contributed by atoms with E-state index < -0.39 is 5.97 Å². The van der Waals surface area contributed by atoms with Crippen molar-refractivity contribution in [1.82, 2.24) is 0 Å². The van der Waals surface area contributed by atoms with Gasteiger partial charge < -0.3 is 14.6 Å². The van der Waals surface area contributed by atoms with Crippen molar-refractivity contribution in [1.29, 1.82) is 0 Å². The maximum absolute atomic E-state index is 12.6. The highest BCUT2D eigenvalue weighted by molar-refractivity contribution is 5.91. The number of aryl methyl sites for hydroxylation is 1. The number of rotatable bonds is 17. The lowest BCUT2D eigenvalue weighted by atomic mass is 10.1. The first-order valence-corrected chi connectivity index (χ1v) is 14.5. The molecule has 3 aromatic carbocycles. The molecule has 0 aliphatic rings. The Kier molecular flexibility index (Phi) is 13.1. The predicted molar refractivity (Wildman–Crippen MR) is 160 cm³/mol. The van der Waals surface area contributed by atoms with Crippen molar-refractivity contribution in [2.45, 2.75) is 84.5 Å². The van der Waals surface area contributed by atoms with Gasteiger partial charge >= 0.3 is 5.97 Å². The molecule has 0 bridgehead atoms. The molecule has 0 amide bonds. The van der Waals surface area contributed by atoms with Crippen LogP contribution < -0.4 is 9.47 Å². The van der Waals surface area contributed by atoms with E-state index in [-0.39, 0.29) is 11.5 Å². The molecule has 1 N–H and O–H groups in total. The van der Waals surface area contributed by atoms with Gasteiger partial charge in [-0.15, -0.1) is 0 Å². The number of phenolic OH excluding ortho intramolecular Hbond substituents is 1. The number of benzene rings is 3. The highest BCUT2D eigenvalue weighted by Gasteiger charge is 2.11.